The number of amidine groups is 1. The fourth-order valence-electron chi connectivity index (χ4n) is 2.62. The van der Waals surface area contributed by atoms with E-state index in [0.717, 1.165) is 38.1 Å². The van der Waals surface area contributed by atoms with Crippen LogP contribution in [-0.2, 0) is 19.4 Å². The molecule has 4 heteroatoms. The topological polar surface area (TPSA) is 67.7 Å². The Kier molecular flexibility index (Phi) is 3.82. The lowest BCUT2D eigenvalue weighted by Gasteiger charge is -2.14. The predicted molar refractivity (Wildman–Crippen MR) is 69.4 cm³/mol. The van der Waals surface area contributed by atoms with Crippen LogP contribution in [0.2, 0.25) is 0 Å². The number of aryl methyl sites for hydroxylation is 2. The molecule has 94 valence electrons. The smallest absolute Gasteiger partial charge is 0.106 e. The minimum absolute atomic E-state index is 0.300. The van der Waals surface area contributed by atoms with Gasteiger partial charge in [0.15, 0.2) is 0 Å². The molecule has 1 aliphatic carbocycles. The molecule has 0 aromatic carbocycles. The third-order valence-corrected chi connectivity index (χ3v) is 3.50. The Morgan fingerprint density at radius 3 is 2.88 bits per heavy atom. The number of aromatic nitrogens is 2. The first-order valence-electron chi connectivity index (χ1n) is 6.56. The summed E-state index contributed by atoms with van der Waals surface area (Å²) in [5.74, 6) is 1.45. The highest BCUT2D eigenvalue weighted by molar-refractivity contribution is 5.76. The van der Waals surface area contributed by atoms with Gasteiger partial charge in [0.2, 0.25) is 0 Å². The van der Waals surface area contributed by atoms with Gasteiger partial charge in [-0.1, -0.05) is 0 Å². The van der Waals surface area contributed by atoms with Crippen LogP contribution in [0, 0.1) is 12.3 Å². The maximum Gasteiger partial charge on any atom is 0.106 e. The summed E-state index contributed by atoms with van der Waals surface area (Å²) in [6, 6.07) is 0. The molecule has 0 fully saturated rings. The van der Waals surface area contributed by atoms with Gasteiger partial charge in [0, 0.05) is 18.7 Å². The number of unbranched alkanes of at least 4 members (excludes halogenated alkanes) is 1. The molecular formula is C13H22N4. The molecule has 0 atom stereocenters. The van der Waals surface area contributed by atoms with Crippen molar-refractivity contribution in [3.05, 3.63) is 17.2 Å². The standard InChI is InChI=1S/C13H22N4/c1-10-16-11-6-2-3-7-12(11)17(10)9-5-4-8-13(14)15/h2-9H2,1H3,(H3,14,15). The molecule has 0 spiro atoms. The second kappa shape index (κ2) is 5.34. The van der Waals surface area contributed by atoms with Crippen LogP contribution in [0.5, 0.6) is 0 Å². The molecule has 1 aliphatic rings. The van der Waals surface area contributed by atoms with Gasteiger partial charge in [0.25, 0.3) is 0 Å². The van der Waals surface area contributed by atoms with Crippen LogP contribution in [0.4, 0.5) is 0 Å². The van der Waals surface area contributed by atoms with Crippen molar-refractivity contribution in [3.63, 3.8) is 0 Å². The number of hydrogen-bond acceptors (Lipinski definition) is 2. The fourth-order valence-corrected chi connectivity index (χ4v) is 2.62. The average molecular weight is 234 g/mol. The van der Waals surface area contributed by atoms with Crippen LogP contribution in [-0.4, -0.2) is 15.4 Å². The molecule has 4 nitrogen and oxygen atoms in total. The number of nitrogens with zero attached hydrogens (tertiary/aromatic N) is 2. The van der Waals surface area contributed by atoms with Crippen LogP contribution in [0.15, 0.2) is 0 Å². The Morgan fingerprint density at radius 2 is 2.12 bits per heavy atom. The molecule has 3 N–H and O–H groups in total. The predicted octanol–water partition coefficient (Wildman–Crippen LogP) is 2.18. The van der Waals surface area contributed by atoms with Crippen molar-refractivity contribution in [1.82, 2.24) is 9.55 Å². The van der Waals surface area contributed by atoms with Gasteiger partial charge in [0.05, 0.1) is 11.5 Å². The molecule has 0 amide bonds. The number of imidazole rings is 1. The van der Waals surface area contributed by atoms with Crippen molar-refractivity contribution in [2.45, 2.75) is 58.4 Å². The maximum absolute atomic E-state index is 7.20. The second-order valence-electron chi connectivity index (χ2n) is 4.89. The lowest BCUT2D eigenvalue weighted by Crippen LogP contribution is -2.11. The van der Waals surface area contributed by atoms with E-state index in [9.17, 15) is 0 Å². The van der Waals surface area contributed by atoms with Gasteiger partial charge in [0.1, 0.15) is 5.82 Å². The molecule has 0 saturated carbocycles. The first kappa shape index (κ1) is 12.1. The van der Waals surface area contributed by atoms with Crippen molar-refractivity contribution in [2.75, 3.05) is 0 Å². The summed E-state index contributed by atoms with van der Waals surface area (Å²) in [6.07, 6.45) is 7.72. The first-order valence-corrected chi connectivity index (χ1v) is 6.56. The maximum atomic E-state index is 7.20. The van der Waals surface area contributed by atoms with E-state index in [-0.39, 0.29) is 0 Å². The Balaban J connectivity index is 1.96. The molecule has 0 saturated heterocycles. The largest absolute Gasteiger partial charge is 0.388 e. The monoisotopic (exact) mass is 234 g/mol. The molecule has 1 aromatic heterocycles. The zero-order chi connectivity index (χ0) is 12.3. The molecule has 0 radical (unpaired) electrons. The van der Waals surface area contributed by atoms with Gasteiger partial charge in [-0.15, -0.1) is 0 Å². The number of nitrogens with one attached hydrogen (secondary N) is 1. The first-order chi connectivity index (χ1) is 8.18. The fraction of sp³-hybridized carbons (Fsp3) is 0.692. The third kappa shape index (κ3) is 2.87. The summed E-state index contributed by atoms with van der Waals surface area (Å²) in [4.78, 5) is 4.66. The highest BCUT2D eigenvalue weighted by Gasteiger charge is 2.17. The van der Waals surface area contributed by atoms with Gasteiger partial charge < -0.3 is 10.3 Å². The lowest BCUT2D eigenvalue weighted by molar-refractivity contribution is 0.562. The molecule has 2 rings (SSSR count). The Bertz CT molecular complexity index is 406. The lowest BCUT2D eigenvalue weighted by atomic mass is 10.0. The summed E-state index contributed by atoms with van der Waals surface area (Å²) in [6.45, 7) is 3.13. The Labute approximate surface area is 103 Å². The van der Waals surface area contributed by atoms with E-state index in [1.165, 1.54) is 30.7 Å². The van der Waals surface area contributed by atoms with Crippen LogP contribution in [0.3, 0.4) is 0 Å². The van der Waals surface area contributed by atoms with Gasteiger partial charge in [-0.2, -0.15) is 0 Å². The van der Waals surface area contributed by atoms with Crippen LogP contribution < -0.4 is 5.73 Å². The van der Waals surface area contributed by atoms with E-state index in [2.05, 4.69) is 16.5 Å². The second-order valence-corrected chi connectivity index (χ2v) is 4.89. The normalized spacial score (nSPS) is 14.6. The van der Waals surface area contributed by atoms with Crippen molar-refractivity contribution in [1.29, 1.82) is 5.41 Å². The van der Waals surface area contributed by atoms with Crippen LogP contribution >= 0.6 is 0 Å². The summed E-state index contributed by atoms with van der Waals surface area (Å²) >= 11 is 0. The minimum Gasteiger partial charge on any atom is -0.388 e. The molecule has 0 unspecified atom stereocenters. The Morgan fingerprint density at radius 1 is 1.35 bits per heavy atom. The number of nitrogens with two attached hydrogens (primary N) is 1. The minimum atomic E-state index is 0.300. The summed E-state index contributed by atoms with van der Waals surface area (Å²) in [5, 5.41) is 7.20. The zero-order valence-electron chi connectivity index (χ0n) is 10.6. The SMILES string of the molecule is Cc1nc2c(n1CCCCC(=N)N)CCCC2. The van der Waals surface area contributed by atoms with Crippen LogP contribution in [0.1, 0.15) is 49.3 Å². The quantitative estimate of drug-likeness (QED) is 0.466. The van der Waals surface area contributed by atoms with E-state index in [4.69, 9.17) is 11.1 Å². The van der Waals surface area contributed by atoms with Crippen molar-refractivity contribution in [3.8, 4) is 0 Å². The molecule has 1 aromatic rings. The summed E-state index contributed by atoms with van der Waals surface area (Å²) in [5.41, 5.74) is 8.13. The van der Waals surface area contributed by atoms with E-state index in [1.54, 1.807) is 0 Å². The molecule has 17 heavy (non-hydrogen) atoms. The number of rotatable bonds is 5. The van der Waals surface area contributed by atoms with Gasteiger partial charge in [-0.25, -0.2) is 4.98 Å². The Hall–Kier alpha value is -1.32. The number of fused-ring (bicyclic) bond motifs is 1. The number of hydrogen-bond donors (Lipinski definition) is 2. The third-order valence-electron chi connectivity index (χ3n) is 3.50. The van der Waals surface area contributed by atoms with Crippen molar-refractivity contribution in [2.24, 2.45) is 5.73 Å². The van der Waals surface area contributed by atoms with Crippen LogP contribution in [0.25, 0.3) is 0 Å². The average Bonchev–Trinajstić information content (AvgIpc) is 2.60. The molecular weight excluding hydrogens is 212 g/mol. The van der Waals surface area contributed by atoms with E-state index < -0.39 is 0 Å². The summed E-state index contributed by atoms with van der Waals surface area (Å²) in [7, 11) is 0. The van der Waals surface area contributed by atoms with E-state index >= 15 is 0 Å². The zero-order valence-corrected chi connectivity index (χ0v) is 10.6. The molecule has 0 aliphatic heterocycles. The van der Waals surface area contributed by atoms with Crippen molar-refractivity contribution >= 4 is 5.84 Å². The van der Waals surface area contributed by atoms with E-state index in [1.807, 2.05) is 0 Å². The van der Waals surface area contributed by atoms with E-state index in [0.29, 0.717) is 5.84 Å². The summed E-state index contributed by atoms with van der Waals surface area (Å²) < 4.78 is 2.37. The molecule has 1 heterocycles. The van der Waals surface area contributed by atoms with Crippen molar-refractivity contribution < 1.29 is 0 Å². The van der Waals surface area contributed by atoms with Gasteiger partial charge >= 0.3 is 0 Å². The molecule has 0 bridgehead atoms. The van der Waals surface area contributed by atoms with Gasteiger partial charge in [-0.05, 0) is 45.4 Å². The highest BCUT2D eigenvalue weighted by atomic mass is 15.1. The highest BCUT2D eigenvalue weighted by Crippen LogP contribution is 2.22. The van der Waals surface area contributed by atoms with Gasteiger partial charge in [-0.3, -0.25) is 5.41 Å².